The molecule has 1 amide bonds. The molecule has 154 valence electrons. The van der Waals surface area contributed by atoms with E-state index in [1.165, 1.54) is 22.4 Å². The molecule has 1 atom stereocenters. The number of aryl methyl sites for hydroxylation is 1. The second-order valence-electron chi connectivity index (χ2n) is 7.84. The summed E-state index contributed by atoms with van der Waals surface area (Å²) in [4.78, 5) is 17.2. The summed E-state index contributed by atoms with van der Waals surface area (Å²) in [5.74, 6) is 0.163. The molecule has 0 spiro atoms. The first kappa shape index (κ1) is 20.2. The largest absolute Gasteiger partial charge is 0.368 e. The zero-order valence-electron chi connectivity index (χ0n) is 17.5. The van der Waals surface area contributed by atoms with Crippen molar-refractivity contribution in [2.45, 2.75) is 13.0 Å². The number of anilines is 1. The molecule has 0 saturated carbocycles. The van der Waals surface area contributed by atoms with Gasteiger partial charge in [-0.05, 0) is 30.2 Å². The van der Waals surface area contributed by atoms with Crippen LogP contribution in [0.4, 0.5) is 5.69 Å². The van der Waals surface area contributed by atoms with Crippen molar-refractivity contribution >= 4 is 11.6 Å². The molecular formula is C26H29N3O. The van der Waals surface area contributed by atoms with E-state index >= 15 is 0 Å². The van der Waals surface area contributed by atoms with Gasteiger partial charge in [-0.2, -0.15) is 0 Å². The Hall–Kier alpha value is -3.11. The molecule has 1 fully saturated rings. The zero-order chi connectivity index (χ0) is 20.8. The van der Waals surface area contributed by atoms with Gasteiger partial charge in [0.05, 0.1) is 12.6 Å². The Morgan fingerprint density at radius 1 is 0.800 bits per heavy atom. The van der Waals surface area contributed by atoms with Crippen LogP contribution in [0.25, 0.3) is 0 Å². The molecule has 1 aliphatic heterocycles. The van der Waals surface area contributed by atoms with E-state index in [4.69, 9.17) is 0 Å². The molecule has 1 N–H and O–H groups in total. The normalized spacial score (nSPS) is 15.1. The van der Waals surface area contributed by atoms with Gasteiger partial charge in [-0.15, -0.1) is 0 Å². The monoisotopic (exact) mass is 399 g/mol. The van der Waals surface area contributed by atoms with Crippen LogP contribution >= 0.6 is 0 Å². The fraction of sp³-hybridized carbons (Fsp3) is 0.269. The first-order valence-corrected chi connectivity index (χ1v) is 10.6. The van der Waals surface area contributed by atoms with E-state index in [-0.39, 0.29) is 11.9 Å². The molecule has 1 heterocycles. The van der Waals surface area contributed by atoms with E-state index in [1.807, 2.05) is 29.2 Å². The van der Waals surface area contributed by atoms with Gasteiger partial charge in [-0.3, -0.25) is 10.1 Å². The molecule has 0 radical (unpaired) electrons. The number of nitrogens with zero attached hydrogens (tertiary/aromatic N) is 2. The molecule has 4 nitrogen and oxygen atoms in total. The number of nitrogens with one attached hydrogen (secondary N) is 1. The lowest BCUT2D eigenvalue weighted by Crippen LogP contribution is -2.51. The number of rotatable bonds is 6. The van der Waals surface area contributed by atoms with Gasteiger partial charge < -0.3 is 9.80 Å². The van der Waals surface area contributed by atoms with Crippen LogP contribution in [0.5, 0.6) is 0 Å². The van der Waals surface area contributed by atoms with E-state index in [9.17, 15) is 4.79 Å². The van der Waals surface area contributed by atoms with Crippen LogP contribution in [0.2, 0.25) is 0 Å². The van der Waals surface area contributed by atoms with Crippen LogP contribution in [0.15, 0.2) is 84.9 Å². The fourth-order valence-corrected chi connectivity index (χ4v) is 3.99. The Labute approximate surface area is 179 Å². The van der Waals surface area contributed by atoms with Crippen LogP contribution in [-0.2, 0) is 4.79 Å². The van der Waals surface area contributed by atoms with Gasteiger partial charge in [0.25, 0.3) is 0 Å². The predicted molar refractivity (Wildman–Crippen MR) is 123 cm³/mol. The second kappa shape index (κ2) is 9.59. The molecule has 3 aromatic rings. The molecule has 3 aromatic carbocycles. The minimum atomic E-state index is 0.00126. The number of piperazine rings is 1. The van der Waals surface area contributed by atoms with Crippen molar-refractivity contribution in [2.24, 2.45) is 0 Å². The number of carbonyl (C=O) groups is 1. The summed E-state index contributed by atoms with van der Waals surface area (Å²) in [6.07, 6.45) is 0. The lowest BCUT2D eigenvalue weighted by Gasteiger charge is -2.36. The van der Waals surface area contributed by atoms with Crippen molar-refractivity contribution in [1.82, 2.24) is 10.2 Å². The highest BCUT2D eigenvalue weighted by Crippen LogP contribution is 2.22. The van der Waals surface area contributed by atoms with Gasteiger partial charge in [0.15, 0.2) is 0 Å². The average Bonchev–Trinajstić information content (AvgIpc) is 2.81. The lowest BCUT2D eigenvalue weighted by atomic mass is 9.98. The molecular weight excluding hydrogens is 370 g/mol. The topological polar surface area (TPSA) is 35.6 Å². The predicted octanol–water partition coefficient (Wildman–Crippen LogP) is 4.02. The number of carbonyl (C=O) groups excluding carboxylic acids is 1. The van der Waals surface area contributed by atoms with Crippen molar-refractivity contribution < 1.29 is 4.79 Å². The van der Waals surface area contributed by atoms with Crippen molar-refractivity contribution in [2.75, 3.05) is 37.6 Å². The third kappa shape index (κ3) is 4.89. The van der Waals surface area contributed by atoms with Crippen LogP contribution in [0.1, 0.15) is 22.7 Å². The Morgan fingerprint density at radius 3 is 2.00 bits per heavy atom. The highest BCUT2D eigenvalue weighted by molar-refractivity contribution is 5.78. The van der Waals surface area contributed by atoms with E-state index in [2.05, 4.69) is 77.8 Å². The van der Waals surface area contributed by atoms with Crippen LogP contribution in [0, 0.1) is 6.92 Å². The molecule has 30 heavy (non-hydrogen) atoms. The summed E-state index contributed by atoms with van der Waals surface area (Å²) in [6, 6.07) is 29.3. The number of hydrogen-bond acceptors (Lipinski definition) is 3. The summed E-state index contributed by atoms with van der Waals surface area (Å²) >= 11 is 0. The van der Waals surface area contributed by atoms with Gasteiger partial charge in [0.1, 0.15) is 0 Å². The summed E-state index contributed by atoms with van der Waals surface area (Å²) in [5.41, 5.74) is 4.81. The van der Waals surface area contributed by atoms with Gasteiger partial charge in [0, 0.05) is 31.9 Å². The van der Waals surface area contributed by atoms with E-state index in [0.29, 0.717) is 6.54 Å². The van der Waals surface area contributed by atoms with Crippen molar-refractivity contribution in [1.29, 1.82) is 0 Å². The number of amides is 1. The molecule has 4 heteroatoms. The smallest absolute Gasteiger partial charge is 0.236 e. The summed E-state index contributed by atoms with van der Waals surface area (Å²) in [6.45, 7) is 5.68. The Bertz CT molecular complexity index is 933. The maximum atomic E-state index is 12.9. The number of benzene rings is 3. The van der Waals surface area contributed by atoms with E-state index < -0.39 is 0 Å². The van der Waals surface area contributed by atoms with Crippen molar-refractivity contribution in [3.63, 3.8) is 0 Å². The number of hydrogen-bond donors (Lipinski definition) is 1. The van der Waals surface area contributed by atoms with Crippen LogP contribution in [-0.4, -0.2) is 43.5 Å². The number of para-hydroxylation sites is 1. The second-order valence-corrected chi connectivity index (χ2v) is 7.84. The molecule has 4 rings (SSSR count). The van der Waals surface area contributed by atoms with Crippen LogP contribution in [0.3, 0.4) is 0 Å². The van der Waals surface area contributed by atoms with Crippen molar-refractivity contribution in [3.8, 4) is 0 Å². The van der Waals surface area contributed by atoms with Gasteiger partial charge in [0.2, 0.25) is 5.91 Å². The van der Waals surface area contributed by atoms with E-state index in [1.54, 1.807) is 0 Å². The third-order valence-corrected chi connectivity index (χ3v) is 5.75. The van der Waals surface area contributed by atoms with E-state index in [0.717, 1.165) is 26.2 Å². The first-order chi connectivity index (χ1) is 14.7. The maximum Gasteiger partial charge on any atom is 0.236 e. The minimum Gasteiger partial charge on any atom is -0.368 e. The van der Waals surface area contributed by atoms with Crippen molar-refractivity contribution in [3.05, 3.63) is 102 Å². The lowest BCUT2D eigenvalue weighted by molar-refractivity contribution is -0.130. The average molecular weight is 400 g/mol. The van der Waals surface area contributed by atoms with Crippen LogP contribution < -0.4 is 10.2 Å². The Balaban J connectivity index is 1.38. The highest BCUT2D eigenvalue weighted by atomic mass is 16.2. The third-order valence-electron chi connectivity index (χ3n) is 5.75. The molecule has 0 aliphatic carbocycles. The molecule has 1 aliphatic rings. The fourth-order valence-electron chi connectivity index (χ4n) is 3.99. The molecule has 1 saturated heterocycles. The Morgan fingerprint density at radius 2 is 1.37 bits per heavy atom. The molecule has 0 unspecified atom stereocenters. The highest BCUT2D eigenvalue weighted by Gasteiger charge is 2.22. The SMILES string of the molecule is Cc1ccc([C@H](NCC(=O)N2CCN(c3ccccc3)CC2)c2ccccc2)cc1. The standard InChI is InChI=1S/C26H29N3O/c1-21-12-14-23(15-13-21)26(22-8-4-2-5-9-22)27-20-25(30)29-18-16-28(17-19-29)24-10-6-3-7-11-24/h2-15,26-27H,16-20H2,1H3/t26-/m1/s1. The summed E-state index contributed by atoms with van der Waals surface area (Å²) in [5, 5.41) is 3.51. The quantitative estimate of drug-likeness (QED) is 0.680. The summed E-state index contributed by atoms with van der Waals surface area (Å²) in [7, 11) is 0. The zero-order valence-corrected chi connectivity index (χ0v) is 17.5. The first-order valence-electron chi connectivity index (χ1n) is 10.6. The minimum absolute atomic E-state index is 0.00126. The summed E-state index contributed by atoms with van der Waals surface area (Å²) < 4.78 is 0. The Kier molecular flexibility index (Phi) is 6.45. The molecule has 0 aromatic heterocycles. The molecule has 0 bridgehead atoms. The van der Waals surface area contributed by atoms with Gasteiger partial charge in [-0.25, -0.2) is 0 Å². The van der Waals surface area contributed by atoms with Gasteiger partial charge in [-0.1, -0.05) is 78.4 Å². The van der Waals surface area contributed by atoms with Gasteiger partial charge >= 0.3 is 0 Å². The maximum absolute atomic E-state index is 12.9.